The highest BCUT2D eigenvalue weighted by molar-refractivity contribution is 7.99. The number of amides is 1. The molecule has 19 heavy (non-hydrogen) atoms. The van der Waals surface area contributed by atoms with Crippen LogP contribution in [0.5, 0.6) is 0 Å². The van der Waals surface area contributed by atoms with E-state index in [0.717, 1.165) is 11.4 Å². The third-order valence-corrected chi connectivity index (χ3v) is 2.88. The molecule has 0 aliphatic carbocycles. The summed E-state index contributed by atoms with van der Waals surface area (Å²) < 4.78 is 0. The summed E-state index contributed by atoms with van der Waals surface area (Å²) in [6.07, 6.45) is 0. The van der Waals surface area contributed by atoms with Crippen LogP contribution in [0, 0.1) is 13.8 Å². The molecule has 0 saturated carbocycles. The minimum atomic E-state index is -0.392. The number of hydrogen-bond donors (Lipinski definition) is 2. The molecule has 1 rings (SSSR count). The normalized spacial score (nSPS) is 10.8. The maximum absolute atomic E-state index is 11.6. The molecule has 0 aliphatic heterocycles. The van der Waals surface area contributed by atoms with Crippen molar-refractivity contribution in [2.45, 2.75) is 38.4 Å². The van der Waals surface area contributed by atoms with Gasteiger partial charge < -0.3 is 11.1 Å². The third-order valence-electron chi connectivity index (χ3n) is 2.04. The lowest BCUT2D eigenvalue weighted by Crippen LogP contribution is -2.45. The van der Waals surface area contributed by atoms with Gasteiger partial charge in [-0.05, 0) is 33.8 Å². The maximum Gasteiger partial charge on any atom is 0.230 e. The molecule has 0 aliphatic rings. The second-order valence-electron chi connectivity index (χ2n) is 4.99. The first-order valence-corrected chi connectivity index (χ1v) is 6.75. The van der Waals surface area contributed by atoms with Crippen LogP contribution in [0.2, 0.25) is 0 Å². The van der Waals surface area contributed by atoms with Crippen LogP contribution in [-0.4, -0.2) is 33.7 Å². The van der Waals surface area contributed by atoms with Crippen molar-refractivity contribution in [3.63, 3.8) is 0 Å². The first-order valence-electron chi connectivity index (χ1n) is 5.77. The van der Waals surface area contributed by atoms with E-state index in [2.05, 4.69) is 15.3 Å². The standard InChI is InChI=1S/C12H20N4OS.ClH/c1-8-5-9(2)16-11(15-8)18-6-10(17)14-7-12(3,4)13;/h5H,6-7,13H2,1-4H3,(H,14,17);1H. The van der Waals surface area contributed by atoms with Crippen LogP contribution in [0.4, 0.5) is 0 Å². The molecule has 0 radical (unpaired) electrons. The Morgan fingerprint density at radius 3 is 2.37 bits per heavy atom. The molecule has 1 aromatic rings. The molecule has 5 nitrogen and oxygen atoms in total. The number of carbonyl (C=O) groups is 1. The molecular formula is C12H21ClN4OS. The van der Waals surface area contributed by atoms with Gasteiger partial charge in [0.2, 0.25) is 5.91 Å². The van der Waals surface area contributed by atoms with E-state index < -0.39 is 5.54 Å². The number of aryl methyl sites for hydroxylation is 2. The SMILES string of the molecule is Cc1cc(C)nc(SCC(=O)NCC(C)(C)N)n1.Cl. The highest BCUT2D eigenvalue weighted by Gasteiger charge is 2.12. The van der Waals surface area contributed by atoms with Crippen LogP contribution in [0.15, 0.2) is 11.2 Å². The van der Waals surface area contributed by atoms with E-state index in [-0.39, 0.29) is 18.3 Å². The smallest absolute Gasteiger partial charge is 0.230 e. The van der Waals surface area contributed by atoms with E-state index in [1.54, 1.807) is 0 Å². The summed E-state index contributed by atoms with van der Waals surface area (Å²) in [6.45, 7) is 8.02. The maximum atomic E-state index is 11.6. The lowest BCUT2D eigenvalue weighted by molar-refractivity contribution is -0.118. The van der Waals surface area contributed by atoms with E-state index in [0.29, 0.717) is 17.5 Å². The van der Waals surface area contributed by atoms with Crippen LogP contribution >= 0.6 is 24.2 Å². The fourth-order valence-electron chi connectivity index (χ4n) is 1.27. The zero-order chi connectivity index (χ0) is 13.8. The molecule has 0 saturated heterocycles. The molecule has 1 amide bonds. The van der Waals surface area contributed by atoms with Crippen LogP contribution in [0.3, 0.4) is 0 Å². The van der Waals surface area contributed by atoms with Crippen LogP contribution in [-0.2, 0) is 4.79 Å². The molecule has 0 aromatic carbocycles. The molecule has 0 unspecified atom stereocenters. The van der Waals surface area contributed by atoms with Gasteiger partial charge in [0.05, 0.1) is 5.75 Å². The summed E-state index contributed by atoms with van der Waals surface area (Å²) >= 11 is 1.33. The lowest BCUT2D eigenvalue weighted by atomic mass is 10.1. The molecule has 0 spiro atoms. The van der Waals surface area contributed by atoms with Crippen molar-refractivity contribution in [3.05, 3.63) is 17.5 Å². The fraction of sp³-hybridized carbons (Fsp3) is 0.583. The van der Waals surface area contributed by atoms with Gasteiger partial charge in [-0.2, -0.15) is 0 Å². The summed E-state index contributed by atoms with van der Waals surface area (Å²) in [7, 11) is 0. The van der Waals surface area contributed by atoms with Crippen molar-refractivity contribution in [2.24, 2.45) is 5.73 Å². The average Bonchev–Trinajstić information content (AvgIpc) is 2.21. The van der Waals surface area contributed by atoms with Gasteiger partial charge in [0, 0.05) is 23.5 Å². The number of nitrogens with one attached hydrogen (secondary N) is 1. The number of rotatable bonds is 5. The third kappa shape index (κ3) is 8.02. The largest absolute Gasteiger partial charge is 0.354 e. The minimum Gasteiger partial charge on any atom is -0.354 e. The van der Waals surface area contributed by atoms with Gasteiger partial charge in [0.25, 0.3) is 0 Å². The zero-order valence-corrected chi connectivity index (χ0v) is 13.3. The molecule has 3 N–H and O–H groups in total. The molecule has 1 aromatic heterocycles. The number of halogens is 1. The second-order valence-corrected chi connectivity index (χ2v) is 5.93. The van der Waals surface area contributed by atoms with Gasteiger partial charge in [0.15, 0.2) is 5.16 Å². The van der Waals surface area contributed by atoms with Gasteiger partial charge in [-0.15, -0.1) is 12.4 Å². The van der Waals surface area contributed by atoms with E-state index in [9.17, 15) is 4.79 Å². The Hall–Kier alpha value is -0.850. The monoisotopic (exact) mass is 304 g/mol. The summed E-state index contributed by atoms with van der Waals surface area (Å²) in [5, 5.41) is 3.42. The van der Waals surface area contributed by atoms with E-state index in [1.165, 1.54) is 11.8 Å². The minimum absolute atomic E-state index is 0. The van der Waals surface area contributed by atoms with E-state index >= 15 is 0 Å². The number of nitrogens with zero attached hydrogens (tertiary/aromatic N) is 2. The number of nitrogens with two attached hydrogens (primary N) is 1. The number of aromatic nitrogens is 2. The van der Waals surface area contributed by atoms with Crippen molar-refractivity contribution < 1.29 is 4.79 Å². The Labute approximate surface area is 124 Å². The number of thioether (sulfide) groups is 1. The molecular weight excluding hydrogens is 284 g/mol. The van der Waals surface area contributed by atoms with Crippen LogP contribution in [0.25, 0.3) is 0 Å². The number of carbonyl (C=O) groups excluding carboxylic acids is 1. The second kappa shape index (κ2) is 7.67. The Balaban J connectivity index is 0.00000324. The molecule has 0 bridgehead atoms. The number of hydrogen-bond acceptors (Lipinski definition) is 5. The predicted molar refractivity (Wildman–Crippen MR) is 80.8 cm³/mol. The van der Waals surface area contributed by atoms with Crippen molar-refractivity contribution in [2.75, 3.05) is 12.3 Å². The topological polar surface area (TPSA) is 80.9 Å². The Kier molecular flexibility index (Phi) is 7.33. The van der Waals surface area contributed by atoms with Crippen molar-refractivity contribution in [3.8, 4) is 0 Å². The van der Waals surface area contributed by atoms with Crippen molar-refractivity contribution >= 4 is 30.1 Å². The zero-order valence-electron chi connectivity index (χ0n) is 11.7. The average molecular weight is 305 g/mol. The van der Waals surface area contributed by atoms with Crippen LogP contribution < -0.4 is 11.1 Å². The lowest BCUT2D eigenvalue weighted by Gasteiger charge is -2.18. The van der Waals surface area contributed by atoms with Gasteiger partial charge in [-0.3, -0.25) is 4.79 Å². The predicted octanol–water partition coefficient (Wildman–Crippen LogP) is 1.46. The molecule has 0 atom stereocenters. The Morgan fingerprint density at radius 2 is 1.89 bits per heavy atom. The van der Waals surface area contributed by atoms with Gasteiger partial charge in [-0.1, -0.05) is 11.8 Å². The van der Waals surface area contributed by atoms with Gasteiger partial charge >= 0.3 is 0 Å². The fourth-order valence-corrected chi connectivity index (χ4v) is 2.04. The van der Waals surface area contributed by atoms with Gasteiger partial charge in [0.1, 0.15) is 0 Å². The quantitative estimate of drug-likeness (QED) is 0.636. The van der Waals surface area contributed by atoms with Gasteiger partial charge in [-0.25, -0.2) is 9.97 Å². The highest BCUT2D eigenvalue weighted by Crippen LogP contribution is 2.13. The molecule has 108 valence electrons. The first kappa shape index (κ1) is 18.1. The summed E-state index contributed by atoms with van der Waals surface area (Å²) in [5.74, 6) is 0.250. The van der Waals surface area contributed by atoms with Crippen molar-refractivity contribution in [1.82, 2.24) is 15.3 Å². The Bertz CT molecular complexity index is 414. The first-order chi connectivity index (χ1) is 8.26. The van der Waals surface area contributed by atoms with Crippen LogP contribution in [0.1, 0.15) is 25.2 Å². The molecule has 7 heteroatoms. The summed E-state index contributed by atoms with van der Waals surface area (Å²) in [6, 6.07) is 1.90. The molecule has 0 fully saturated rings. The van der Waals surface area contributed by atoms with E-state index in [4.69, 9.17) is 5.73 Å². The Morgan fingerprint density at radius 1 is 1.37 bits per heavy atom. The van der Waals surface area contributed by atoms with E-state index in [1.807, 2.05) is 33.8 Å². The highest BCUT2D eigenvalue weighted by atomic mass is 35.5. The molecule has 1 heterocycles. The van der Waals surface area contributed by atoms with Crippen molar-refractivity contribution in [1.29, 1.82) is 0 Å². The summed E-state index contributed by atoms with van der Waals surface area (Å²) in [5.41, 5.74) is 7.21. The summed E-state index contributed by atoms with van der Waals surface area (Å²) in [4.78, 5) is 20.1.